The lowest BCUT2D eigenvalue weighted by molar-refractivity contribution is -0.139. The second-order valence-electron chi connectivity index (χ2n) is 7.42. The first-order valence-electron chi connectivity index (χ1n) is 10.7. The lowest BCUT2D eigenvalue weighted by atomic mass is 10.1. The number of hydrazone groups is 1. The van der Waals surface area contributed by atoms with E-state index in [9.17, 15) is 14.4 Å². The average Bonchev–Trinajstić information content (AvgIpc) is 2.87. The second-order valence-corrected chi connectivity index (χ2v) is 7.42. The maximum Gasteiger partial charge on any atom is 0.329 e. The van der Waals surface area contributed by atoms with Gasteiger partial charge in [-0.25, -0.2) is 5.43 Å². The van der Waals surface area contributed by atoms with E-state index in [1.165, 1.54) is 6.21 Å². The van der Waals surface area contributed by atoms with Crippen molar-refractivity contribution in [1.82, 2.24) is 16.1 Å². The average molecular weight is 459 g/mol. The summed E-state index contributed by atoms with van der Waals surface area (Å²) >= 11 is 0. The fourth-order valence-corrected chi connectivity index (χ4v) is 2.98. The number of hydrogen-bond acceptors (Lipinski definition) is 5. The Morgan fingerprint density at radius 3 is 2.21 bits per heavy atom. The van der Waals surface area contributed by atoms with Crippen molar-refractivity contribution in [2.45, 2.75) is 19.5 Å². The number of nitrogens with zero attached hydrogens (tertiary/aromatic N) is 1. The number of nitrogens with one attached hydrogen (secondary N) is 3. The lowest BCUT2D eigenvalue weighted by Crippen LogP contribution is -2.37. The molecule has 0 saturated heterocycles. The van der Waals surface area contributed by atoms with E-state index >= 15 is 0 Å². The topological polar surface area (TPSA) is 109 Å². The van der Waals surface area contributed by atoms with Crippen LogP contribution in [0.15, 0.2) is 90.0 Å². The van der Waals surface area contributed by atoms with E-state index in [1.807, 2.05) is 67.6 Å². The van der Waals surface area contributed by atoms with Gasteiger partial charge in [-0.1, -0.05) is 60.7 Å². The van der Waals surface area contributed by atoms with Crippen molar-refractivity contribution in [3.63, 3.8) is 0 Å². The summed E-state index contributed by atoms with van der Waals surface area (Å²) < 4.78 is 5.52. The molecule has 3 amide bonds. The molecule has 3 rings (SSSR count). The summed E-state index contributed by atoms with van der Waals surface area (Å²) in [7, 11) is 0. The van der Waals surface area contributed by atoms with E-state index in [1.54, 1.807) is 24.3 Å². The summed E-state index contributed by atoms with van der Waals surface area (Å²) in [4.78, 5) is 35.8. The summed E-state index contributed by atoms with van der Waals surface area (Å²) in [5, 5.41) is 9.20. The van der Waals surface area contributed by atoms with Gasteiger partial charge >= 0.3 is 11.8 Å². The van der Waals surface area contributed by atoms with Crippen LogP contribution in [-0.2, 0) is 20.9 Å². The van der Waals surface area contributed by atoms with Gasteiger partial charge in [0.25, 0.3) is 5.91 Å². The molecule has 0 heterocycles. The highest BCUT2D eigenvalue weighted by Crippen LogP contribution is 2.13. The summed E-state index contributed by atoms with van der Waals surface area (Å²) in [6, 6.07) is 25.6. The molecule has 0 aliphatic carbocycles. The molecular formula is C26H26N4O4. The van der Waals surface area contributed by atoms with Crippen LogP contribution in [0.4, 0.5) is 0 Å². The number of ether oxygens (including phenoxy) is 1. The third-order valence-electron chi connectivity index (χ3n) is 4.81. The molecular weight excluding hydrogens is 432 g/mol. The zero-order chi connectivity index (χ0) is 24.2. The molecule has 1 unspecified atom stereocenters. The number of carbonyl (C=O) groups is 3. The van der Waals surface area contributed by atoms with Gasteiger partial charge in [-0.05, 0) is 47.9 Å². The molecule has 0 aliphatic heterocycles. The number of benzene rings is 3. The Hall–Kier alpha value is -4.46. The standard InChI is InChI=1S/C26H26N4O4/c1-19(22-10-6-3-7-11-22)29-24(31)18-34-23-14-12-21(13-15-23)17-28-30-26(33)25(32)27-16-20-8-4-2-5-9-20/h2-15,17,19H,16,18H2,1H3,(H,27,32)(H,29,31)(H,30,33)/b28-17+. The quantitative estimate of drug-likeness (QED) is 0.260. The van der Waals surface area contributed by atoms with E-state index in [0.29, 0.717) is 11.3 Å². The Bertz CT molecular complexity index is 1120. The van der Waals surface area contributed by atoms with Crippen molar-refractivity contribution < 1.29 is 19.1 Å². The van der Waals surface area contributed by atoms with Crippen molar-refractivity contribution in [2.75, 3.05) is 6.61 Å². The van der Waals surface area contributed by atoms with Gasteiger partial charge < -0.3 is 15.4 Å². The van der Waals surface area contributed by atoms with Crippen LogP contribution >= 0.6 is 0 Å². The third kappa shape index (κ3) is 7.90. The first-order valence-corrected chi connectivity index (χ1v) is 10.7. The van der Waals surface area contributed by atoms with Crippen molar-refractivity contribution in [2.24, 2.45) is 5.10 Å². The van der Waals surface area contributed by atoms with Crippen LogP contribution in [0.2, 0.25) is 0 Å². The molecule has 0 aromatic heterocycles. The van der Waals surface area contributed by atoms with Crippen LogP contribution in [-0.4, -0.2) is 30.5 Å². The largest absolute Gasteiger partial charge is 0.484 e. The molecule has 0 bridgehead atoms. The summed E-state index contributed by atoms with van der Waals surface area (Å²) in [5.74, 6) is -1.34. The van der Waals surface area contributed by atoms with Crippen molar-refractivity contribution >= 4 is 23.9 Å². The van der Waals surface area contributed by atoms with Gasteiger partial charge in [-0.3, -0.25) is 14.4 Å². The smallest absolute Gasteiger partial charge is 0.329 e. The highest BCUT2D eigenvalue weighted by atomic mass is 16.5. The van der Waals surface area contributed by atoms with Crippen molar-refractivity contribution in [3.05, 3.63) is 102 Å². The summed E-state index contributed by atoms with van der Waals surface area (Å²) in [6.07, 6.45) is 1.40. The molecule has 3 aromatic carbocycles. The van der Waals surface area contributed by atoms with Crippen LogP contribution in [0.1, 0.15) is 29.7 Å². The Labute approximate surface area is 198 Å². The Kier molecular flexibility index (Phi) is 8.92. The van der Waals surface area contributed by atoms with Gasteiger partial charge in [0.2, 0.25) is 0 Å². The minimum atomic E-state index is -0.858. The van der Waals surface area contributed by atoms with Gasteiger partial charge in [-0.2, -0.15) is 5.10 Å². The maximum absolute atomic E-state index is 12.1. The molecule has 3 N–H and O–H groups in total. The van der Waals surface area contributed by atoms with E-state index in [-0.39, 0.29) is 25.1 Å². The fraction of sp³-hybridized carbons (Fsp3) is 0.154. The van der Waals surface area contributed by atoms with Crippen molar-refractivity contribution in [3.8, 4) is 5.75 Å². The fourth-order valence-electron chi connectivity index (χ4n) is 2.98. The molecule has 3 aromatic rings. The second kappa shape index (κ2) is 12.5. The zero-order valence-electron chi connectivity index (χ0n) is 18.7. The van der Waals surface area contributed by atoms with Gasteiger partial charge in [0.1, 0.15) is 5.75 Å². The molecule has 0 spiro atoms. The molecule has 34 heavy (non-hydrogen) atoms. The summed E-state index contributed by atoms with van der Waals surface area (Å²) in [6.45, 7) is 2.05. The predicted molar refractivity (Wildman–Crippen MR) is 129 cm³/mol. The normalized spacial score (nSPS) is 11.4. The van der Waals surface area contributed by atoms with Crippen LogP contribution in [0, 0.1) is 0 Å². The minimum absolute atomic E-state index is 0.112. The van der Waals surface area contributed by atoms with E-state index in [0.717, 1.165) is 11.1 Å². The van der Waals surface area contributed by atoms with Crippen LogP contribution < -0.4 is 20.8 Å². The van der Waals surface area contributed by atoms with Gasteiger partial charge in [0.15, 0.2) is 6.61 Å². The number of carbonyl (C=O) groups excluding carboxylic acids is 3. The predicted octanol–water partition coefficient (Wildman–Crippen LogP) is 2.71. The number of amides is 3. The molecule has 8 heteroatoms. The Balaban J connectivity index is 1.38. The molecule has 0 saturated carbocycles. The highest BCUT2D eigenvalue weighted by molar-refractivity contribution is 6.35. The van der Waals surface area contributed by atoms with E-state index in [2.05, 4.69) is 21.2 Å². The molecule has 0 fully saturated rings. The van der Waals surface area contributed by atoms with E-state index in [4.69, 9.17) is 4.74 Å². The highest BCUT2D eigenvalue weighted by Gasteiger charge is 2.12. The van der Waals surface area contributed by atoms with Crippen LogP contribution in [0.3, 0.4) is 0 Å². The molecule has 1 atom stereocenters. The Morgan fingerprint density at radius 1 is 0.882 bits per heavy atom. The molecule has 0 aliphatic rings. The number of hydrogen-bond donors (Lipinski definition) is 3. The first kappa shape index (κ1) is 24.2. The maximum atomic E-state index is 12.1. The van der Waals surface area contributed by atoms with Crippen molar-refractivity contribution in [1.29, 1.82) is 0 Å². The minimum Gasteiger partial charge on any atom is -0.484 e. The lowest BCUT2D eigenvalue weighted by Gasteiger charge is -2.14. The van der Waals surface area contributed by atoms with Crippen LogP contribution in [0.25, 0.3) is 0 Å². The first-order chi connectivity index (χ1) is 16.5. The van der Waals surface area contributed by atoms with Gasteiger partial charge in [-0.15, -0.1) is 0 Å². The number of rotatable bonds is 9. The Morgan fingerprint density at radius 2 is 1.53 bits per heavy atom. The third-order valence-corrected chi connectivity index (χ3v) is 4.81. The summed E-state index contributed by atoms with van der Waals surface area (Å²) in [5.41, 5.74) is 4.77. The molecule has 174 valence electrons. The zero-order valence-corrected chi connectivity index (χ0v) is 18.7. The molecule has 8 nitrogen and oxygen atoms in total. The molecule has 0 radical (unpaired) electrons. The van der Waals surface area contributed by atoms with Crippen LogP contribution in [0.5, 0.6) is 5.75 Å². The monoisotopic (exact) mass is 458 g/mol. The van der Waals surface area contributed by atoms with E-state index < -0.39 is 11.8 Å². The van der Waals surface area contributed by atoms with Gasteiger partial charge in [0.05, 0.1) is 12.3 Å². The SMILES string of the molecule is CC(NC(=O)COc1ccc(/C=N/NC(=O)C(=O)NCc2ccccc2)cc1)c1ccccc1. The van der Waals surface area contributed by atoms with Gasteiger partial charge in [0, 0.05) is 6.54 Å².